The highest BCUT2D eigenvalue weighted by molar-refractivity contribution is 6.46. The molecule has 64 valence electrons. The third-order valence-electron chi connectivity index (χ3n) is 2.03. The normalized spacial score (nSPS) is 17.5. The molecule has 0 saturated heterocycles. The van der Waals surface area contributed by atoms with Crippen LogP contribution in [0.25, 0.3) is 0 Å². The summed E-state index contributed by atoms with van der Waals surface area (Å²) in [4.78, 5) is 21.9. The van der Waals surface area contributed by atoms with E-state index in [0.717, 1.165) is 24.0 Å². The minimum Gasteiger partial charge on any atom is -0.286 e. The summed E-state index contributed by atoms with van der Waals surface area (Å²) in [6.45, 7) is 3.97. The van der Waals surface area contributed by atoms with Crippen LogP contribution in [-0.2, 0) is 9.59 Å². The molecular weight excluding hydrogens is 152 g/mol. The van der Waals surface area contributed by atoms with E-state index in [1.165, 1.54) is 12.2 Å². The monoisotopic (exact) mass is 164 g/mol. The van der Waals surface area contributed by atoms with Crippen LogP contribution in [0.1, 0.15) is 26.7 Å². The number of allylic oxidation sites excluding steroid dienone is 4. The first-order valence-electron chi connectivity index (χ1n) is 4.18. The fraction of sp³-hybridized carbons (Fsp3) is 0.400. The fourth-order valence-corrected chi connectivity index (χ4v) is 1.30. The molecule has 0 amide bonds. The Morgan fingerprint density at radius 2 is 1.25 bits per heavy atom. The Morgan fingerprint density at radius 3 is 1.50 bits per heavy atom. The Morgan fingerprint density at radius 1 is 0.917 bits per heavy atom. The molecule has 0 radical (unpaired) electrons. The topological polar surface area (TPSA) is 34.1 Å². The maximum atomic E-state index is 11.0. The standard InChI is InChI=1S/C10H12O2/c1-3-7-5-9(11)10(12)6-8(7)4-2/h5-6H,3-4H2,1-2H3. The SMILES string of the molecule is CCC1=CC(=O)C(=O)C=C1CC. The Bertz CT molecular complexity index is 252. The number of carbonyl (C=O) groups is 2. The molecule has 0 saturated carbocycles. The van der Waals surface area contributed by atoms with Crippen molar-refractivity contribution in [3.8, 4) is 0 Å². The summed E-state index contributed by atoms with van der Waals surface area (Å²) in [5.74, 6) is -0.770. The van der Waals surface area contributed by atoms with Gasteiger partial charge >= 0.3 is 0 Å². The van der Waals surface area contributed by atoms with E-state index in [0.29, 0.717) is 0 Å². The molecule has 0 heterocycles. The zero-order valence-electron chi connectivity index (χ0n) is 7.39. The number of hydrogen-bond acceptors (Lipinski definition) is 2. The molecule has 0 bridgehead atoms. The molecule has 0 atom stereocenters. The quantitative estimate of drug-likeness (QED) is 0.460. The van der Waals surface area contributed by atoms with E-state index < -0.39 is 0 Å². The molecule has 2 heteroatoms. The highest BCUT2D eigenvalue weighted by Crippen LogP contribution is 2.20. The van der Waals surface area contributed by atoms with Gasteiger partial charge in [0.25, 0.3) is 0 Å². The summed E-state index contributed by atoms with van der Waals surface area (Å²) in [5.41, 5.74) is 2.00. The average molecular weight is 164 g/mol. The van der Waals surface area contributed by atoms with E-state index in [-0.39, 0.29) is 11.6 Å². The Balaban J connectivity index is 3.00. The predicted molar refractivity (Wildman–Crippen MR) is 46.8 cm³/mol. The van der Waals surface area contributed by atoms with Crippen molar-refractivity contribution in [1.82, 2.24) is 0 Å². The van der Waals surface area contributed by atoms with Crippen molar-refractivity contribution < 1.29 is 9.59 Å². The zero-order valence-corrected chi connectivity index (χ0v) is 7.39. The first-order chi connectivity index (χ1) is 5.69. The van der Waals surface area contributed by atoms with Gasteiger partial charge in [-0.15, -0.1) is 0 Å². The molecule has 1 aliphatic carbocycles. The molecule has 0 aliphatic heterocycles. The molecule has 0 N–H and O–H groups in total. The van der Waals surface area contributed by atoms with Crippen LogP contribution in [0.15, 0.2) is 23.3 Å². The summed E-state index contributed by atoms with van der Waals surface area (Å²) < 4.78 is 0. The van der Waals surface area contributed by atoms with Crippen molar-refractivity contribution in [1.29, 1.82) is 0 Å². The van der Waals surface area contributed by atoms with Gasteiger partial charge in [-0.2, -0.15) is 0 Å². The van der Waals surface area contributed by atoms with Crippen LogP contribution in [0.3, 0.4) is 0 Å². The number of hydrogen-bond donors (Lipinski definition) is 0. The molecule has 0 aromatic heterocycles. The zero-order chi connectivity index (χ0) is 9.14. The molecule has 2 nitrogen and oxygen atoms in total. The lowest BCUT2D eigenvalue weighted by Crippen LogP contribution is -2.14. The van der Waals surface area contributed by atoms with Crippen molar-refractivity contribution in [3.63, 3.8) is 0 Å². The lowest BCUT2D eigenvalue weighted by atomic mass is 9.93. The van der Waals surface area contributed by atoms with E-state index in [1.54, 1.807) is 0 Å². The van der Waals surface area contributed by atoms with Crippen LogP contribution in [-0.4, -0.2) is 11.6 Å². The van der Waals surface area contributed by atoms with E-state index in [1.807, 2.05) is 13.8 Å². The van der Waals surface area contributed by atoms with Crippen LogP contribution < -0.4 is 0 Å². The van der Waals surface area contributed by atoms with Gasteiger partial charge in [-0.05, 0) is 36.1 Å². The molecule has 0 spiro atoms. The third-order valence-corrected chi connectivity index (χ3v) is 2.03. The van der Waals surface area contributed by atoms with Gasteiger partial charge in [0.1, 0.15) is 0 Å². The largest absolute Gasteiger partial charge is 0.286 e. The van der Waals surface area contributed by atoms with Gasteiger partial charge in [0.2, 0.25) is 11.6 Å². The Hall–Kier alpha value is -1.18. The summed E-state index contributed by atoms with van der Waals surface area (Å²) in [6.07, 6.45) is 4.56. The second-order valence-electron chi connectivity index (χ2n) is 2.77. The molecule has 1 rings (SSSR count). The molecule has 0 unspecified atom stereocenters. The van der Waals surface area contributed by atoms with Crippen LogP contribution >= 0.6 is 0 Å². The maximum absolute atomic E-state index is 11.0. The Labute approximate surface area is 72.0 Å². The summed E-state index contributed by atoms with van der Waals surface area (Å²) in [5, 5.41) is 0. The van der Waals surface area contributed by atoms with Gasteiger partial charge in [-0.1, -0.05) is 13.8 Å². The van der Waals surface area contributed by atoms with Crippen LogP contribution in [0.5, 0.6) is 0 Å². The second kappa shape index (κ2) is 3.48. The lowest BCUT2D eigenvalue weighted by Gasteiger charge is -2.10. The number of ketones is 2. The van der Waals surface area contributed by atoms with E-state index in [9.17, 15) is 9.59 Å². The number of carbonyl (C=O) groups excluding carboxylic acids is 2. The van der Waals surface area contributed by atoms with Gasteiger partial charge in [0.05, 0.1) is 0 Å². The van der Waals surface area contributed by atoms with Crippen molar-refractivity contribution >= 4 is 11.6 Å². The third kappa shape index (κ3) is 1.52. The second-order valence-corrected chi connectivity index (χ2v) is 2.77. The molecule has 12 heavy (non-hydrogen) atoms. The lowest BCUT2D eigenvalue weighted by molar-refractivity contribution is -0.131. The maximum Gasteiger partial charge on any atom is 0.225 e. The smallest absolute Gasteiger partial charge is 0.225 e. The van der Waals surface area contributed by atoms with E-state index >= 15 is 0 Å². The van der Waals surface area contributed by atoms with Gasteiger partial charge in [0.15, 0.2) is 0 Å². The van der Waals surface area contributed by atoms with Crippen LogP contribution in [0.2, 0.25) is 0 Å². The first kappa shape index (κ1) is 8.91. The van der Waals surface area contributed by atoms with Crippen molar-refractivity contribution in [2.75, 3.05) is 0 Å². The average Bonchev–Trinajstić information content (AvgIpc) is 2.09. The summed E-state index contributed by atoms with van der Waals surface area (Å²) >= 11 is 0. The van der Waals surface area contributed by atoms with Crippen molar-refractivity contribution in [2.24, 2.45) is 0 Å². The molecular formula is C10H12O2. The molecule has 0 aromatic carbocycles. The van der Waals surface area contributed by atoms with Crippen molar-refractivity contribution in [2.45, 2.75) is 26.7 Å². The minimum atomic E-state index is -0.385. The van der Waals surface area contributed by atoms with Gasteiger partial charge < -0.3 is 0 Å². The summed E-state index contributed by atoms with van der Waals surface area (Å²) in [7, 11) is 0. The van der Waals surface area contributed by atoms with Crippen molar-refractivity contribution in [3.05, 3.63) is 23.3 Å². The minimum absolute atomic E-state index is 0.385. The van der Waals surface area contributed by atoms with Crippen LogP contribution in [0, 0.1) is 0 Å². The highest BCUT2D eigenvalue weighted by Gasteiger charge is 2.17. The Kier molecular flexibility index (Phi) is 2.58. The van der Waals surface area contributed by atoms with Gasteiger partial charge in [0, 0.05) is 0 Å². The fourth-order valence-electron chi connectivity index (χ4n) is 1.30. The first-order valence-corrected chi connectivity index (χ1v) is 4.18. The van der Waals surface area contributed by atoms with E-state index in [2.05, 4.69) is 0 Å². The molecule has 0 aromatic rings. The van der Waals surface area contributed by atoms with Gasteiger partial charge in [-0.3, -0.25) is 9.59 Å². The van der Waals surface area contributed by atoms with Gasteiger partial charge in [-0.25, -0.2) is 0 Å². The highest BCUT2D eigenvalue weighted by atomic mass is 16.2. The molecule has 0 fully saturated rings. The van der Waals surface area contributed by atoms with Crippen LogP contribution in [0.4, 0.5) is 0 Å². The molecule has 1 aliphatic rings. The predicted octanol–water partition coefficient (Wildman–Crippen LogP) is 1.81. The van der Waals surface area contributed by atoms with E-state index in [4.69, 9.17) is 0 Å². The number of rotatable bonds is 2. The summed E-state index contributed by atoms with van der Waals surface area (Å²) in [6, 6.07) is 0.